The first-order chi connectivity index (χ1) is 12.6. The Balaban J connectivity index is 1.61. The average molecular weight is 374 g/mol. The molecule has 1 fully saturated rings. The van der Waals surface area contributed by atoms with Crippen LogP contribution in [0.5, 0.6) is 17.2 Å². The normalized spacial score (nSPS) is 19.3. The number of rotatable bonds is 2. The Labute approximate surface area is 157 Å². The minimum Gasteiger partial charge on any atom is -0.506 e. The standard InChI is InChI=1S/C20H20ClNO4/c21-15-11-14(4-6-17(15)23)20(24)22-8-1-3-16(22)13-5-7-18-19(12-13)26-10-2-9-25-18/h4-7,11-12,16,23H,1-3,8-10H2/t16-/m1/s1. The smallest absolute Gasteiger partial charge is 0.254 e. The third-order valence-electron chi connectivity index (χ3n) is 4.86. The molecule has 1 N–H and O–H groups in total. The zero-order chi connectivity index (χ0) is 18.1. The Hall–Kier alpha value is -2.40. The second-order valence-electron chi connectivity index (χ2n) is 6.58. The quantitative estimate of drug-likeness (QED) is 0.857. The van der Waals surface area contributed by atoms with Crippen molar-refractivity contribution >= 4 is 17.5 Å². The molecule has 0 aliphatic carbocycles. The largest absolute Gasteiger partial charge is 0.506 e. The van der Waals surface area contributed by atoms with Gasteiger partial charge in [0.05, 0.1) is 24.3 Å². The number of halogens is 1. The Bertz CT molecular complexity index is 839. The summed E-state index contributed by atoms with van der Waals surface area (Å²) in [6, 6.07) is 10.5. The highest BCUT2D eigenvalue weighted by atomic mass is 35.5. The molecule has 1 saturated heterocycles. The van der Waals surface area contributed by atoms with Gasteiger partial charge in [0.2, 0.25) is 0 Å². The molecule has 1 atom stereocenters. The monoisotopic (exact) mass is 373 g/mol. The van der Waals surface area contributed by atoms with E-state index in [1.807, 2.05) is 23.1 Å². The molecular formula is C20H20ClNO4. The molecule has 2 aromatic carbocycles. The van der Waals surface area contributed by atoms with Crippen LogP contribution >= 0.6 is 11.6 Å². The maximum Gasteiger partial charge on any atom is 0.254 e. The summed E-state index contributed by atoms with van der Waals surface area (Å²) in [7, 11) is 0. The molecule has 5 nitrogen and oxygen atoms in total. The van der Waals surface area contributed by atoms with Gasteiger partial charge in [0, 0.05) is 18.5 Å². The van der Waals surface area contributed by atoms with E-state index in [0.29, 0.717) is 25.3 Å². The molecule has 0 aromatic heterocycles. The molecule has 0 saturated carbocycles. The molecule has 2 heterocycles. The highest BCUT2D eigenvalue weighted by Crippen LogP contribution is 2.38. The molecule has 2 aliphatic heterocycles. The molecule has 2 aromatic rings. The first-order valence-electron chi connectivity index (χ1n) is 8.82. The lowest BCUT2D eigenvalue weighted by Crippen LogP contribution is -2.30. The Morgan fingerprint density at radius 1 is 1.08 bits per heavy atom. The van der Waals surface area contributed by atoms with Crippen molar-refractivity contribution in [2.75, 3.05) is 19.8 Å². The molecule has 136 valence electrons. The number of amides is 1. The van der Waals surface area contributed by atoms with Gasteiger partial charge in [0.25, 0.3) is 5.91 Å². The van der Waals surface area contributed by atoms with Crippen molar-refractivity contribution < 1.29 is 19.4 Å². The lowest BCUT2D eigenvalue weighted by Gasteiger charge is -2.26. The number of carbonyl (C=O) groups is 1. The van der Waals surface area contributed by atoms with Crippen molar-refractivity contribution in [3.8, 4) is 17.2 Å². The summed E-state index contributed by atoms with van der Waals surface area (Å²) in [6.45, 7) is 1.98. The first-order valence-corrected chi connectivity index (χ1v) is 9.20. The van der Waals surface area contributed by atoms with Gasteiger partial charge in [-0.25, -0.2) is 0 Å². The number of likely N-dealkylation sites (tertiary alicyclic amines) is 1. The fourth-order valence-electron chi connectivity index (χ4n) is 3.55. The number of phenolic OH excluding ortho intramolecular Hbond substituents is 1. The van der Waals surface area contributed by atoms with E-state index in [9.17, 15) is 9.90 Å². The molecule has 4 rings (SSSR count). The average Bonchev–Trinajstić information content (AvgIpc) is 3.02. The van der Waals surface area contributed by atoms with Crippen LogP contribution in [0.3, 0.4) is 0 Å². The minimum absolute atomic E-state index is 0.00719. The molecule has 0 spiro atoms. The highest BCUT2D eigenvalue weighted by Gasteiger charge is 2.31. The fourth-order valence-corrected chi connectivity index (χ4v) is 3.73. The summed E-state index contributed by atoms with van der Waals surface area (Å²) < 4.78 is 11.5. The SMILES string of the molecule is O=C(c1ccc(O)c(Cl)c1)N1CCC[C@@H]1c1ccc2c(c1)OCCCO2. The number of nitrogens with zero attached hydrogens (tertiary/aromatic N) is 1. The van der Waals surface area contributed by atoms with Crippen LogP contribution in [0.1, 0.15) is 41.2 Å². The number of ether oxygens (including phenoxy) is 2. The van der Waals surface area contributed by atoms with Crippen LogP contribution in [0.25, 0.3) is 0 Å². The number of phenols is 1. The predicted octanol–water partition coefficient (Wildman–Crippen LogP) is 4.18. The van der Waals surface area contributed by atoms with Crippen LogP contribution in [-0.4, -0.2) is 35.7 Å². The van der Waals surface area contributed by atoms with Crippen LogP contribution in [0.4, 0.5) is 0 Å². The van der Waals surface area contributed by atoms with Crippen molar-refractivity contribution in [3.63, 3.8) is 0 Å². The minimum atomic E-state index is -0.0819. The van der Waals surface area contributed by atoms with Crippen LogP contribution < -0.4 is 9.47 Å². The second kappa shape index (κ2) is 7.08. The van der Waals surface area contributed by atoms with Crippen LogP contribution in [0, 0.1) is 0 Å². The summed E-state index contributed by atoms with van der Waals surface area (Å²) in [6.07, 6.45) is 2.70. The van der Waals surface area contributed by atoms with Gasteiger partial charge in [-0.05, 0) is 48.7 Å². The number of hydrogen-bond donors (Lipinski definition) is 1. The summed E-state index contributed by atoms with van der Waals surface area (Å²) in [4.78, 5) is 14.8. The molecular weight excluding hydrogens is 354 g/mol. The van der Waals surface area contributed by atoms with E-state index in [-0.39, 0.29) is 22.7 Å². The van der Waals surface area contributed by atoms with Crippen molar-refractivity contribution in [2.45, 2.75) is 25.3 Å². The zero-order valence-electron chi connectivity index (χ0n) is 14.3. The predicted molar refractivity (Wildman–Crippen MR) is 98.2 cm³/mol. The molecule has 0 radical (unpaired) electrons. The van der Waals surface area contributed by atoms with Gasteiger partial charge in [-0.3, -0.25) is 4.79 Å². The van der Waals surface area contributed by atoms with Gasteiger partial charge >= 0.3 is 0 Å². The maximum atomic E-state index is 13.0. The number of aromatic hydroxyl groups is 1. The Kier molecular flexibility index (Phi) is 4.64. The molecule has 26 heavy (non-hydrogen) atoms. The van der Waals surface area contributed by atoms with Crippen LogP contribution in [0.15, 0.2) is 36.4 Å². The van der Waals surface area contributed by atoms with E-state index in [2.05, 4.69) is 0 Å². The van der Waals surface area contributed by atoms with E-state index in [1.54, 1.807) is 6.07 Å². The topological polar surface area (TPSA) is 59.0 Å². The van der Waals surface area contributed by atoms with E-state index in [4.69, 9.17) is 21.1 Å². The van der Waals surface area contributed by atoms with Crippen molar-refractivity contribution in [1.82, 2.24) is 4.90 Å². The van der Waals surface area contributed by atoms with Crippen molar-refractivity contribution in [1.29, 1.82) is 0 Å². The first kappa shape index (κ1) is 17.0. The van der Waals surface area contributed by atoms with Gasteiger partial charge in [0.1, 0.15) is 5.75 Å². The number of carbonyl (C=O) groups excluding carboxylic acids is 1. The number of benzene rings is 2. The third-order valence-corrected chi connectivity index (χ3v) is 5.17. The molecule has 0 unspecified atom stereocenters. The van der Waals surface area contributed by atoms with E-state index >= 15 is 0 Å². The van der Waals surface area contributed by atoms with Gasteiger partial charge in [-0.2, -0.15) is 0 Å². The van der Waals surface area contributed by atoms with Crippen molar-refractivity contribution in [3.05, 3.63) is 52.5 Å². The van der Waals surface area contributed by atoms with Crippen molar-refractivity contribution in [2.24, 2.45) is 0 Å². The maximum absolute atomic E-state index is 13.0. The summed E-state index contributed by atoms with van der Waals surface area (Å²) in [5.41, 5.74) is 1.53. The Morgan fingerprint density at radius 2 is 1.88 bits per heavy atom. The summed E-state index contributed by atoms with van der Waals surface area (Å²) in [5, 5.41) is 9.76. The Morgan fingerprint density at radius 3 is 2.69 bits per heavy atom. The van der Waals surface area contributed by atoms with Gasteiger partial charge in [0.15, 0.2) is 11.5 Å². The number of hydrogen-bond acceptors (Lipinski definition) is 4. The van der Waals surface area contributed by atoms with Gasteiger partial charge in [-0.1, -0.05) is 17.7 Å². The summed E-state index contributed by atoms with van der Waals surface area (Å²) in [5.74, 6) is 1.39. The second-order valence-corrected chi connectivity index (χ2v) is 6.99. The third kappa shape index (κ3) is 3.19. The van der Waals surface area contributed by atoms with Gasteiger partial charge in [-0.15, -0.1) is 0 Å². The highest BCUT2D eigenvalue weighted by molar-refractivity contribution is 6.32. The molecule has 6 heteroatoms. The zero-order valence-corrected chi connectivity index (χ0v) is 15.0. The van der Waals surface area contributed by atoms with E-state index < -0.39 is 0 Å². The van der Waals surface area contributed by atoms with Crippen LogP contribution in [-0.2, 0) is 0 Å². The molecule has 2 aliphatic rings. The molecule has 1 amide bonds. The summed E-state index contributed by atoms with van der Waals surface area (Å²) >= 11 is 5.96. The van der Waals surface area contributed by atoms with Crippen LogP contribution in [0.2, 0.25) is 5.02 Å². The van der Waals surface area contributed by atoms with E-state index in [0.717, 1.165) is 36.3 Å². The lowest BCUT2D eigenvalue weighted by molar-refractivity contribution is 0.0735. The van der Waals surface area contributed by atoms with E-state index in [1.165, 1.54) is 12.1 Å². The fraction of sp³-hybridized carbons (Fsp3) is 0.350. The lowest BCUT2D eigenvalue weighted by atomic mass is 10.0. The number of fused-ring (bicyclic) bond motifs is 1. The van der Waals surface area contributed by atoms with Gasteiger partial charge < -0.3 is 19.5 Å². The molecule has 0 bridgehead atoms.